The van der Waals surface area contributed by atoms with Crippen molar-refractivity contribution in [3.63, 3.8) is 0 Å². The zero-order valence-electron chi connectivity index (χ0n) is 12.9. The van der Waals surface area contributed by atoms with Gasteiger partial charge in [-0.3, -0.25) is 4.90 Å². The van der Waals surface area contributed by atoms with Crippen LogP contribution in [0.3, 0.4) is 0 Å². The molecule has 0 aromatic heterocycles. The Morgan fingerprint density at radius 1 is 1.25 bits per heavy atom. The molecule has 0 spiro atoms. The molecule has 2 aliphatic rings. The molecule has 2 unspecified atom stereocenters. The molecule has 1 heterocycles. The van der Waals surface area contributed by atoms with Crippen molar-refractivity contribution in [1.82, 2.24) is 10.2 Å². The van der Waals surface area contributed by atoms with Crippen LogP contribution in [0, 0.1) is 0 Å². The van der Waals surface area contributed by atoms with Crippen LogP contribution in [-0.2, 0) is 6.42 Å². The lowest BCUT2D eigenvalue weighted by Gasteiger charge is -2.55. The van der Waals surface area contributed by atoms with Crippen LogP contribution in [0.5, 0.6) is 0 Å². The number of piperazine rings is 1. The summed E-state index contributed by atoms with van der Waals surface area (Å²) in [4.78, 5) is 2.82. The fourth-order valence-corrected chi connectivity index (χ4v) is 3.90. The topological polar surface area (TPSA) is 15.3 Å². The van der Waals surface area contributed by atoms with Crippen molar-refractivity contribution in [1.29, 1.82) is 0 Å². The molecule has 2 atom stereocenters. The summed E-state index contributed by atoms with van der Waals surface area (Å²) in [5.74, 6) is 0. The zero-order valence-corrected chi connectivity index (χ0v) is 12.9. The average molecular weight is 272 g/mol. The van der Waals surface area contributed by atoms with Crippen molar-refractivity contribution < 1.29 is 0 Å². The van der Waals surface area contributed by atoms with Crippen LogP contribution in [-0.4, -0.2) is 35.6 Å². The van der Waals surface area contributed by atoms with E-state index >= 15 is 0 Å². The van der Waals surface area contributed by atoms with Gasteiger partial charge in [0, 0.05) is 30.7 Å². The van der Waals surface area contributed by atoms with Crippen LogP contribution >= 0.6 is 0 Å². The summed E-state index contributed by atoms with van der Waals surface area (Å²) in [6, 6.07) is 12.2. The Balaban J connectivity index is 1.67. The number of benzene rings is 1. The van der Waals surface area contributed by atoms with Gasteiger partial charge in [-0.05, 0) is 44.6 Å². The number of hydrogen-bond acceptors (Lipinski definition) is 2. The normalized spacial score (nSPS) is 29.9. The van der Waals surface area contributed by atoms with Crippen molar-refractivity contribution in [2.75, 3.05) is 13.1 Å². The zero-order chi connectivity index (χ0) is 14.0. The highest BCUT2D eigenvalue weighted by Gasteiger charge is 2.43. The highest BCUT2D eigenvalue weighted by atomic mass is 15.3. The van der Waals surface area contributed by atoms with Gasteiger partial charge in [-0.1, -0.05) is 37.3 Å². The van der Waals surface area contributed by atoms with E-state index < -0.39 is 0 Å². The van der Waals surface area contributed by atoms with Gasteiger partial charge < -0.3 is 5.32 Å². The SMILES string of the molecule is CCC1CNC(Cc2ccccc2)CN1C1(C)CCC1. The molecule has 1 aliphatic carbocycles. The van der Waals surface area contributed by atoms with Crippen LogP contribution in [0.2, 0.25) is 0 Å². The minimum Gasteiger partial charge on any atom is -0.311 e. The first kappa shape index (κ1) is 14.1. The second-order valence-corrected chi connectivity index (χ2v) is 6.86. The molecule has 110 valence electrons. The van der Waals surface area contributed by atoms with Gasteiger partial charge in [0.1, 0.15) is 0 Å². The Morgan fingerprint density at radius 3 is 2.60 bits per heavy atom. The Morgan fingerprint density at radius 2 is 2.00 bits per heavy atom. The summed E-state index contributed by atoms with van der Waals surface area (Å²) in [6.07, 6.45) is 6.62. The number of nitrogens with zero attached hydrogens (tertiary/aromatic N) is 1. The number of hydrogen-bond donors (Lipinski definition) is 1. The molecular formula is C18H28N2. The van der Waals surface area contributed by atoms with Gasteiger partial charge in [-0.25, -0.2) is 0 Å². The van der Waals surface area contributed by atoms with E-state index in [0.29, 0.717) is 11.6 Å². The van der Waals surface area contributed by atoms with Crippen LogP contribution in [0.1, 0.15) is 45.1 Å². The van der Waals surface area contributed by atoms with Gasteiger partial charge in [0.05, 0.1) is 0 Å². The predicted molar refractivity (Wildman–Crippen MR) is 85.0 cm³/mol. The van der Waals surface area contributed by atoms with Crippen LogP contribution in [0.15, 0.2) is 30.3 Å². The molecule has 20 heavy (non-hydrogen) atoms. The van der Waals surface area contributed by atoms with E-state index in [0.717, 1.165) is 19.0 Å². The van der Waals surface area contributed by atoms with E-state index in [1.807, 2.05) is 0 Å². The van der Waals surface area contributed by atoms with E-state index in [2.05, 4.69) is 54.4 Å². The van der Waals surface area contributed by atoms with Crippen molar-refractivity contribution >= 4 is 0 Å². The summed E-state index contributed by atoms with van der Waals surface area (Å²) in [6.45, 7) is 7.18. The fourth-order valence-electron chi connectivity index (χ4n) is 3.90. The van der Waals surface area contributed by atoms with Gasteiger partial charge in [0.25, 0.3) is 0 Å². The first-order valence-electron chi connectivity index (χ1n) is 8.25. The Labute approximate surface area is 123 Å². The molecule has 2 fully saturated rings. The Hall–Kier alpha value is -0.860. The first-order chi connectivity index (χ1) is 9.71. The third-order valence-electron chi connectivity index (χ3n) is 5.42. The molecule has 1 aromatic carbocycles. The van der Waals surface area contributed by atoms with Gasteiger partial charge in [-0.2, -0.15) is 0 Å². The molecule has 1 saturated heterocycles. The highest BCUT2D eigenvalue weighted by molar-refractivity contribution is 5.16. The predicted octanol–water partition coefficient (Wildman–Crippen LogP) is 3.22. The second kappa shape index (κ2) is 5.87. The molecule has 3 rings (SSSR count). The van der Waals surface area contributed by atoms with Gasteiger partial charge in [-0.15, -0.1) is 0 Å². The molecule has 1 aromatic rings. The summed E-state index contributed by atoms with van der Waals surface area (Å²) >= 11 is 0. The maximum atomic E-state index is 3.78. The summed E-state index contributed by atoms with van der Waals surface area (Å²) < 4.78 is 0. The standard InChI is InChI=1S/C18H28N2/c1-3-17-13-19-16(12-15-8-5-4-6-9-15)14-20(17)18(2)10-7-11-18/h4-6,8-9,16-17,19H,3,7,10-14H2,1-2H3. The maximum Gasteiger partial charge on any atom is 0.0236 e. The Kier molecular flexibility index (Phi) is 4.13. The smallest absolute Gasteiger partial charge is 0.0236 e. The molecule has 2 heteroatoms. The van der Waals surface area contributed by atoms with Gasteiger partial charge in [0.2, 0.25) is 0 Å². The molecular weight excluding hydrogens is 244 g/mol. The second-order valence-electron chi connectivity index (χ2n) is 6.86. The quantitative estimate of drug-likeness (QED) is 0.905. The van der Waals surface area contributed by atoms with E-state index in [4.69, 9.17) is 0 Å². The van der Waals surface area contributed by atoms with E-state index in [-0.39, 0.29) is 0 Å². The third kappa shape index (κ3) is 2.77. The van der Waals surface area contributed by atoms with E-state index in [1.165, 1.54) is 37.8 Å². The third-order valence-corrected chi connectivity index (χ3v) is 5.42. The van der Waals surface area contributed by atoms with Crippen molar-refractivity contribution in [2.45, 2.75) is 63.6 Å². The van der Waals surface area contributed by atoms with E-state index in [9.17, 15) is 0 Å². The van der Waals surface area contributed by atoms with Crippen molar-refractivity contribution in [3.8, 4) is 0 Å². The van der Waals surface area contributed by atoms with Crippen molar-refractivity contribution in [3.05, 3.63) is 35.9 Å². The van der Waals surface area contributed by atoms with Crippen LogP contribution < -0.4 is 5.32 Å². The summed E-state index contributed by atoms with van der Waals surface area (Å²) in [5.41, 5.74) is 1.94. The first-order valence-corrected chi connectivity index (χ1v) is 8.25. The summed E-state index contributed by atoms with van der Waals surface area (Å²) in [5, 5.41) is 3.78. The maximum absolute atomic E-state index is 3.78. The number of nitrogens with one attached hydrogen (secondary N) is 1. The molecule has 1 saturated carbocycles. The van der Waals surface area contributed by atoms with E-state index in [1.54, 1.807) is 0 Å². The lowest BCUT2D eigenvalue weighted by atomic mass is 9.75. The molecule has 2 nitrogen and oxygen atoms in total. The summed E-state index contributed by atoms with van der Waals surface area (Å²) in [7, 11) is 0. The van der Waals surface area contributed by atoms with Crippen LogP contribution in [0.25, 0.3) is 0 Å². The largest absolute Gasteiger partial charge is 0.311 e. The molecule has 0 amide bonds. The molecule has 1 N–H and O–H groups in total. The lowest BCUT2D eigenvalue weighted by molar-refractivity contribution is -0.0293. The molecule has 1 aliphatic heterocycles. The lowest BCUT2D eigenvalue weighted by Crippen LogP contribution is -2.65. The molecule has 0 bridgehead atoms. The Bertz CT molecular complexity index is 424. The highest BCUT2D eigenvalue weighted by Crippen LogP contribution is 2.39. The fraction of sp³-hybridized carbons (Fsp3) is 0.667. The van der Waals surface area contributed by atoms with Gasteiger partial charge >= 0.3 is 0 Å². The average Bonchev–Trinajstić information content (AvgIpc) is 2.46. The number of rotatable bonds is 4. The van der Waals surface area contributed by atoms with Crippen molar-refractivity contribution in [2.24, 2.45) is 0 Å². The minimum atomic E-state index is 0.484. The molecule has 0 radical (unpaired) electrons. The minimum absolute atomic E-state index is 0.484. The van der Waals surface area contributed by atoms with Gasteiger partial charge in [0.15, 0.2) is 0 Å². The van der Waals surface area contributed by atoms with Crippen LogP contribution in [0.4, 0.5) is 0 Å². The monoisotopic (exact) mass is 272 g/mol.